The van der Waals surface area contributed by atoms with E-state index in [2.05, 4.69) is 5.32 Å². The van der Waals surface area contributed by atoms with Crippen molar-refractivity contribution in [1.82, 2.24) is 5.32 Å². The second kappa shape index (κ2) is 3.68. The first-order valence-electron chi connectivity index (χ1n) is 4.90. The molecular formula is C11H13NO4. The van der Waals surface area contributed by atoms with Crippen LogP contribution in [0.4, 0.5) is 0 Å². The number of carboxylic acids is 1. The molecule has 0 spiro atoms. The second-order valence-electron chi connectivity index (χ2n) is 3.75. The van der Waals surface area contributed by atoms with E-state index in [0.717, 1.165) is 0 Å². The number of fused-ring (bicyclic) bond motifs is 1. The van der Waals surface area contributed by atoms with Gasteiger partial charge >= 0.3 is 5.97 Å². The molecule has 5 heteroatoms. The summed E-state index contributed by atoms with van der Waals surface area (Å²) in [7, 11) is 1.61. The Morgan fingerprint density at radius 2 is 2.12 bits per heavy atom. The first-order valence-corrected chi connectivity index (χ1v) is 4.90. The van der Waals surface area contributed by atoms with E-state index in [1.807, 2.05) is 0 Å². The number of carbonyl (C=O) groups is 1. The van der Waals surface area contributed by atoms with Gasteiger partial charge in [0, 0.05) is 0 Å². The molecule has 2 rings (SSSR count). The van der Waals surface area contributed by atoms with Crippen LogP contribution in [-0.4, -0.2) is 24.9 Å². The molecule has 1 heterocycles. The van der Waals surface area contributed by atoms with Crippen molar-refractivity contribution in [3.63, 3.8) is 0 Å². The number of aliphatic carboxylic acids is 1. The van der Waals surface area contributed by atoms with Crippen LogP contribution in [0.1, 0.15) is 12.5 Å². The summed E-state index contributed by atoms with van der Waals surface area (Å²) in [5.41, 5.74) is -0.493. The van der Waals surface area contributed by atoms with Gasteiger partial charge in [0.25, 0.3) is 0 Å². The summed E-state index contributed by atoms with van der Waals surface area (Å²) in [4.78, 5) is 11.2. The molecular weight excluding hydrogens is 210 g/mol. The number of hydrogen-bond donors (Lipinski definition) is 2. The van der Waals surface area contributed by atoms with Crippen molar-refractivity contribution >= 4 is 5.97 Å². The fourth-order valence-electron chi connectivity index (χ4n) is 1.58. The van der Waals surface area contributed by atoms with Gasteiger partial charge in [0.05, 0.1) is 0 Å². The van der Waals surface area contributed by atoms with Gasteiger partial charge in [0.15, 0.2) is 11.5 Å². The van der Waals surface area contributed by atoms with E-state index in [-0.39, 0.29) is 6.79 Å². The van der Waals surface area contributed by atoms with Crippen molar-refractivity contribution in [2.75, 3.05) is 13.8 Å². The van der Waals surface area contributed by atoms with E-state index < -0.39 is 11.5 Å². The van der Waals surface area contributed by atoms with Crippen LogP contribution < -0.4 is 14.8 Å². The molecule has 0 saturated carbocycles. The third kappa shape index (κ3) is 1.49. The summed E-state index contributed by atoms with van der Waals surface area (Å²) in [6.45, 7) is 1.79. The smallest absolute Gasteiger partial charge is 0.328 e. The lowest BCUT2D eigenvalue weighted by Gasteiger charge is -2.24. The van der Waals surface area contributed by atoms with Crippen molar-refractivity contribution in [1.29, 1.82) is 0 Å². The fraction of sp³-hybridized carbons (Fsp3) is 0.364. The van der Waals surface area contributed by atoms with Gasteiger partial charge in [0.1, 0.15) is 5.54 Å². The first-order chi connectivity index (χ1) is 7.58. The third-order valence-electron chi connectivity index (χ3n) is 2.88. The molecule has 1 aliphatic rings. The molecule has 0 radical (unpaired) electrons. The largest absolute Gasteiger partial charge is 0.480 e. The number of rotatable bonds is 3. The van der Waals surface area contributed by atoms with Gasteiger partial charge < -0.3 is 19.9 Å². The Hall–Kier alpha value is -1.75. The number of carboxylic acid groups (broad SMARTS) is 1. The molecule has 1 aliphatic heterocycles. The third-order valence-corrected chi connectivity index (χ3v) is 2.88. The predicted octanol–water partition coefficient (Wildman–Crippen LogP) is 0.934. The summed E-state index contributed by atoms with van der Waals surface area (Å²) < 4.78 is 10.4. The van der Waals surface area contributed by atoms with Crippen molar-refractivity contribution in [2.45, 2.75) is 12.5 Å². The van der Waals surface area contributed by atoms with E-state index in [0.29, 0.717) is 17.1 Å². The molecule has 0 amide bonds. The lowest BCUT2D eigenvalue weighted by atomic mass is 9.92. The van der Waals surface area contributed by atoms with Crippen LogP contribution in [0.2, 0.25) is 0 Å². The van der Waals surface area contributed by atoms with Crippen LogP contribution in [0.5, 0.6) is 11.5 Å². The maximum absolute atomic E-state index is 11.2. The Bertz CT molecular complexity index is 432. The zero-order valence-corrected chi connectivity index (χ0v) is 9.11. The standard InChI is InChI=1S/C11H13NO4/c1-11(12-2,10(13)14)7-3-4-8-9(5-7)16-6-15-8/h3-5,12H,6H2,1-2H3,(H,13,14). The molecule has 0 aliphatic carbocycles. The lowest BCUT2D eigenvalue weighted by Crippen LogP contribution is -2.44. The molecule has 1 unspecified atom stereocenters. The zero-order valence-electron chi connectivity index (χ0n) is 9.11. The molecule has 1 atom stereocenters. The van der Waals surface area contributed by atoms with Crippen molar-refractivity contribution < 1.29 is 19.4 Å². The Balaban J connectivity index is 2.44. The highest BCUT2D eigenvalue weighted by atomic mass is 16.7. The number of benzene rings is 1. The minimum Gasteiger partial charge on any atom is -0.480 e. The van der Waals surface area contributed by atoms with Crippen molar-refractivity contribution in [3.05, 3.63) is 23.8 Å². The predicted molar refractivity (Wildman–Crippen MR) is 56.6 cm³/mol. The normalized spacial score (nSPS) is 16.9. The van der Waals surface area contributed by atoms with Gasteiger partial charge in [-0.3, -0.25) is 0 Å². The number of nitrogens with one attached hydrogen (secondary N) is 1. The summed E-state index contributed by atoms with van der Waals surface area (Å²) in [5.74, 6) is 0.293. The van der Waals surface area contributed by atoms with Gasteiger partial charge in [-0.05, 0) is 31.7 Å². The van der Waals surface area contributed by atoms with E-state index in [4.69, 9.17) is 9.47 Å². The molecule has 86 valence electrons. The van der Waals surface area contributed by atoms with Crippen LogP contribution in [0, 0.1) is 0 Å². The lowest BCUT2D eigenvalue weighted by molar-refractivity contribution is -0.144. The highest BCUT2D eigenvalue weighted by Crippen LogP contribution is 2.35. The van der Waals surface area contributed by atoms with Crippen LogP contribution in [0.3, 0.4) is 0 Å². The summed E-state index contributed by atoms with van der Waals surface area (Å²) >= 11 is 0. The average molecular weight is 223 g/mol. The van der Waals surface area contributed by atoms with E-state index in [9.17, 15) is 9.90 Å². The average Bonchev–Trinajstić information content (AvgIpc) is 2.74. The van der Waals surface area contributed by atoms with Crippen molar-refractivity contribution in [3.8, 4) is 11.5 Å². The highest BCUT2D eigenvalue weighted by molar-refractivity contribution is 5.80. The fourth-order valence-corrected chi connectivity index (χ4v) is 1.58. The monoisotopic (exact) mass is 223 g/mol. The number of likely N-dealkylation sites (N-methyl/N-ethyl adjacent to an activating group) is 1. The Kier molecular flexibility index (Phi) is 2.47. The minimum absolute atomic E-state index is 0.183. The van der Waals surface area contributed by atoms with Crippen molar-refractivity contribution in [2.24, 2.45) is 0 Å². The SMILES string of the molecule is CNC(C)(C(=O)O)c1ccc2c(c1)OCO2. The molecule has 0 aromatic heterocycles. The topological polar surface area (TPSA) is 67.8 Å². The summed E-state index contributed by atoms with van der Waals surface area (Å²) in [6, 6.07) is 5.13. The Labute approximate surface area is 93.0 Å². The zero-order chi connectivity index (χ0) is 11.8. The molecule has 5 nitrogen and oxygen atoms in total. The first kappa shape index (κ1) is 10.8. The number of hydrogen-bond acceptors (Lipinski definition) is 4. The van der Waals surface area contributed by atoms with E-state index in [1.54, 1.807) is 32.2 Å². The summed E-state index contributed by atoms with van der Waals surface area (Å²) in [6.07, 6.45) is 0. The molecule has 1 aromatic rings. The van der Waals surface area contributed by atoms with E-state index in [1.165, 1.54) is 0 Å². The van der Waals surface area contributed by atoms with E-state index >= 15 is 0 Å². The molecule has 0 bridgehead atoms. The maximum atomic E-state index is 11.2. The molecule has 0 fully saturated rings. The van der Waals surface area contributed by atoms with Gasteiger partial charge in [-0.25, -0.2) is 4.79 Å². The second-order valence-corrected chi connectivity index (χ2v) is 3.75. The van der Waals surface area contributed by atoms with Crippen LogP contribution in [0.25, 0.3) is 0 Å². The Morgan fingerprint density at radius 1 is 1.44 bits per heavy atom. The summed E-state index contributed by atoms with van der Waals surface area (Å²) in [5, 5.41) is 12.0. The maximum Gasteiger partial charge on any atom is 0.328 e. The molecule has 0 saturated heterocycles. The number of ether oxygens (including phenoxy) is 2. The van der Waals surface area contributed by atoms with Gasteiger partial charge in [0.2, 0.25) is 6.79 Å². The van der Waals surface area contributed by atoms with Gasteiger partial charge in [-0.1, -0.05) is 6.07 Å². The molecule has 1 aromatic carbocycles. The van der Waals surface area contributed by atoms with Gasteiger partial charge in [-0.2, -0.15) is 0 Å². The highest BCUT2D eigenvalue weighted by Gasteiger charge is 2.34. The molecule has 16 heavy (non-hydrogen) atoms. The van der Waals surface area contributed by atoms with Crippen LogP contribution >= 0.6 is 0 Å². The van der Waals surface area contributed by atoms with Gasteiger partial charge in [-0.15, -0.1) is 0 Å². The van der Waals surface area contributed by atoms with Crippen LogP contribution in [-0.2, 0) is 10.3 Å². The quantitative estimate of drug-likeness (QED) is 0.798. The minimum atomic E-state index is -1.12. The molecule has 2 N–H and O–H groups in total. The Morgan fingerprint density at radius 3 is 2.75 bits per heavy atom. The van der Waals surface area contributed by atoms with Crippen LogP contribution in [0.15, 0.2) is 18.2 Å².